The molecule has 1 spiro atoms. The molecule has 0 unspecified atom stereocenters. The van der Waals surface area contributed by atoms with Crippen molar-refractivity contribution >= 4 is 11.6 Å². The number of nitrogens with zero attached hydrogens (tertiary/aromatic N) is 1. The first kappa shape index (κ1) is 13.9. The van der Waals surface area contributed by atoms with E-state index in [1.807, 2.05) is 24.3 Å². The number of hydrogen-bond donors (Lipinski definition) is 0. The molecule has 0 bridgehead atoms. The van der Waals surface area contributed by atoms with Crippen molar-refractivity contribution in [1.82, 2.24) is 0 Å². The molecule has 3 rings (SSSR count). The quantitative estimate of drug-likeness (QED) is 0.834. The highest BCUT2D eigenvalue weighted by Gasteiger charge is 2.46. The molecule has 0 amide bonds. The fraction of sp³-hybridized carbons (Fsp3) is 0.562. The van der Waals surface area contributed by atoms with Crippen molar-refractivity contribution < 1.29 is 9.47 Å². The van der Waals surface area contributed by atoms with E-state index in [1.165, 1.54) is 0 Å². The molecule has 2 aliphatic rings. The van der Waals surface area contributed by atoms with E-state index in [-0.39, 0.29) is 5.41 Å². The van der Waals surface area contributed by atoms with Gasteiger partial charge in [-0.2, -0.15) is 5.26 Å². The molecule has 106 valence electrons. The van der Waals surface area contributed by atoms with E-state index >= 15 is 0 Å². The Kier molecular flexibility index (Phi) is 3.72. The van der Waals surface area contributed by atoms with Gasteiger partial charge >= 0.3 is 0 Å². The lowest BCUT2D eigenvalue weighted by Crippen LogP contribution is -2.40. The van der Waals surface area contributed by atoms with Gasteiger partial charge < -0.3 is 9.47 Å². The normalized spacial score (nSPS) is 23.6. The summed E-state index contributed by atoms with van der Waals surface area (Å²) >= 11 is 6.03. The van der Waals surface area contributed by atoms with Gasteiger partial charge in [-0.1, -0.05) is 23.7 Å². The van der Waals surface area contributed by atoms with Crippen LogP contribution in [0.1, 0.15) is 31.2 Å². The molecule has 3 nitrogen and oxygen atoms in total. The lowest BCUT2D eigenvalue weighted by Gasteiger charge is -2.39. The molecule has 0 atom stereocenters. The third-order valence-electron chi connectivity index (χ3n) is 4.45. The molecule has 0 aromatic heterocycles. The number of rotatable bonds is 2. The largest absolute Gasteiger partial charge is 0.348 e. The van der Waals surface area contributed by atoms with Crippen molar-refractivity contribution in [1.29, 1.82) is 5.26 Å². The Morgan fingerprint density at radius 3 is 2.45 bits per heavy atom. The van der Waals surface area contributed by atoms with Crippen molar-refractivity contribution in [2.75, 3.05) is 13.2 Å². The van der Waals surface area contributed by atoms with Crippen molar-refractivity contribution in [2.24, 2.45) is 5.41 Å². The average Bonchev–Trinajstić information content (AvgIpc) is 2.91. The Hall–Kier alpha value is -1.08. The van der Waals surface area contributed by atoms with Gasteiger partial charge in [0, 0.05) is 17.9 Å². The summed E-state index contributed by atoms with van der Waals surface area (Å²) in [6.45, 7) is 1.35. The topological polar surface area (TPSA) is 42.2 Å². The first-order chi connectivity index (χ1) is 9.65. The second-order valence-corrected chi connectivity index (χ2v) is 6.24. The summed E-state index contributed by atoms with van der Waals surface area (Å²) in [6, 6.07) is 10.3. The molecule has 2 fully saturated rings. The van der Waals surface area contributed by atoms with Gasteiger partial charge in [-0.25, -0.2) is 0 Å². The summed E-state index contributed by atoms with van der Waals surface area (Å²) in [6.07, 6.45) is 3.99. The molecule has 0 N–H and O–H groups in total. The molecule has 1 aromatic carbocycles. The van der Waals surface area contributed by atoms with Crippen LogP contribution in [0, 0.1) is 16.7 Å². The van der Waals surface area contributed by atoms with Gasteiger partial charge in [-0.15, -0.1) is 0 Å². The summed E-state index contributed by atoms with van der Waals surface area (Å²) in [7, 11) is 0. The number of hydrogen-bond acceptors (Lipinski definition) is 3. The maximum atomic E-state index is 9.64. The molecular weight excluding hydrogens is 274 g/mol. The van der Waals surface area contributed by atoms with Gasteiger partial charge in [-0.05, 0) is 37.0 Å². The van der Waals surface area contributed by atoms with Crippen molar-refractivity contribution in [3.63, 3.8) is 0 Å². The Balaban J connectivity index is 1.72. The smallest absolute Gasteiger partial charge is 0.168 e. The monoisotopic (exact) mass is 291 g/mol. The molecule has 1 aliphatic carbocycles. The Labute approximate surface area is 124 Å². The van der Waals surface area contributed by atoms with Crippen molar-refractivity contribution in [3.8, 4) is 6.07 Å². The minimum Gasteiger partial charge on any atom is -0.348 e. The third-order valence-corrected chi connectivity index (χ3v) is 4.69. The highest BCUT2D eigenvalue weighted by Crippen LogP contribution is 2.46. The minimum atomic E-state index is -0.408. The van der Waals surface area contributed by atoms with E-state index in [0.717, 1.165) is 42.7 Å². The minimum absolute atomic E-state index is 0.314. The standard InChI is InChI=1S/C16H18ClNO2/c17-14-3-1-2-13(10-14)11-15(12-18)4-6-16(7-5-15)19-8-9-20-16/h1-3,10H,4-9,11H2. The van der Waals surface area contributed by atoms with Gasteiger partial charge in [0.25, 0.3) is 0 Å². The zero-order chi connectivity index (χ0) is 14.1. The number of ether oxygens (including phenoxy) is 2. The average molecular weight is 292 g/mol. The lowest BCUT2D eigenvalue weighted by atomic mass is 9.69. The number of nitriles is 1. The maximum Gasteiger partial charge on any atom is 0.168 e. The molecule has 4 heteroatoms. The van der Waals surface area contributed by atoms with E-state index in [9.17, 15) is 5.26 Å². The molecule has 20 heavy (non-hydrogen) atoms. The summed E-state index contributed by atoms with van der Waals surface area (Å²) in [4.78, 5) is 0. The Morgan fingerprint density at radius 1 is 1.15 bits per heavy atom. The van der Waals surface area contributed by atoms with Crippen LogP contribution in [0.3, 0.4) is 0 Å². The zero-order valence-electron chi connectivity index (χ0n) is 11.4. The van der Waals surface area contributed by atoms with Crippen LogP contribution in [0.25, 0.3) is 0 Å². The van der Waals surface area contributed by atoms with Crippen LogP contribution in [0.15, 0.2) is 24.3 Å². The maximum absolute atomic E-state index is 9.64. The van der Waals surface area contributed by atoms with E-state index < -0.39 is 5.79 Å². The van der Waals surface area contributed by atoms with E-state index in [2.05, 4.69) is 6.07 Å². The lowest BCUT2D eigenvalue weighted by molar-refractivity contribution is -0.187. The van der Waals surface area contributed by atoms with Crippen LogP contribution in [-0.4, -0.2) is 19.0 Å². The molecule has 1 saturated heterocycles. The fourth-order valence-electron chi connectivity index (χ4n) is 3.26. The first-order valence-corrected chi connectivity index (χ1v) is 7.47. The Bertz CT molecular complexity index is 522. The molecule has 1 heterocycles. The zero-order valence-corrected chi connectivity index (χ0v) is 12.2. The number of benzene rings is 1. The van der Waals surface area contributed by atoms with Gasteiger partial charge in [0.2, 0.25) is 0 Å². The highest BCUT2D eigenvalue weighted by atomic mass is 35.5. The fourth-order valence-corrected chi connectivity index (χ4v) is 3.47. The summed E-state index contributed by atoms with van der Waals surface area (Å²) in [5.74, 6) is -0.408. The van der Waals surface area contributed by atoms with E-state index in [0.29, 0.717) is 13.2 Å². The first-order valence-electron chi connectivity index (χ1n) is 7.09. The SMILES string of the molecule is N#CC1(Cc2cccc(Cl)c2)CCC2(CC1)OCCO2. The summed E-state index contributed by atoms with van der Waals surface area (Å²) in [5.41, 5.74) is 0.814. The van der Waals surface area contributed by atoms with Gasteiger partial charge in [-0.3, -0.25) is 0 Å². The van der Waals surface area contributed by atoms with Gasteiger partial charge in [0.1, 0.15) is 0 Å². The second-order valence-electron chi connectivity index (χ2n) is 5.81. The van der Waals surface area contributed by atoms with Crippen molar-refractivity contribution in [2.45, 2.75) is 37.9 Å². The molecule has 1 aliphatic heterocycles. The van der Waals surface area contributed by atoms with E-state index in [4.69, 9.17) is 21.1 Å². The van der Waals surface area contributed by atoms with Crippen LogP contribution in [0.5, 0.6) is 0 Å². The predicted molar refractivity (Wildman–Crippen MR) is 76.3 cm³/mol. The van der Waals surface area contributed by atoms with Crippen molar-refractivity contribution in [3.05, 3.63) is 34.9 Å². The van der Waals surface area contributed by atoms with Crippen LogP contribution >= 0.6 is 11.6 Å². The predicted octanol–water partition coefficient (Wildman–Crippen LogP) is 3.71. The highest BCUT2D eigenvalue weighted by molar-refractivity contribution is 6.30. The second kappa shape index (κ2) is 5.37. The third kappa shape index (κ3) is 2.69. The Morgan fingerprint density at radius 2 is 1.85 bits per heavy atom. The summed E-state index contributed by atoms with van der Waals surface area (Å²) in [5, 5.41) is 10.4. The van der Waals surface area contributed by atoms with Crippen LogP contribution in [0.2, 0.25) is 5.02 Å². The molecule has 1 aromatic rings. The molecule has 0 radical (unpaired) electrons. The van der Waals surface area contributed by atoms with Crippen LogP contribution < -0.4 is 0 Å². The van der Waals surface area contributed by atoms with E-state index in [1.54, 1.807) is 0 Å². The molecule has 1 saturated carbocycles. The van der Waals surface area contributed by atoms with Crippen LogP contribution in [-0.2, 0) is 15.9 Å². The van der Waals surface area contributed by atoms with Crippen LogP contribution in [0.4, 0.5) is 0 Å². The summed E-state index contributed by atoms with van der Waals surface area (Å²) < 4.78 is 11.5. The number of halogens is 1. The van der Waals surface area contributed by atoms with Gasteiger partial charge in [0.15, 0.2) is 5.79 Å². The van der Waals surface area contributed by atoms with Gasteiger partial charge in [0.05, 0.1) is 24.7 Å². The molecular formula is C16H18ClNO2.